The van der Waals surface area contributed by atoms with Crippen LogP contribution in [-0.2, 0) is 4.79 Å². The van der Waals surface area contributed by atoms with Gasteiger partial charge in [-0.3, -0.25) is 4.79 Å². The van der Waals surface area contributed by atoms with Gasteiger partial charge in [0.25, 0.3) is 0 Å². The third-order valence-corrected chi connectivity index (χ3v) is 2.88. The van der Waals surface area contributed by atoms with Crippen LogP contribution in [0.1, 0.15) is 38.6 Å². The van der Waals surface area contributed by atoms with Gasteiger partial charge < -0.3 is 11.1 Å². The number of carbonyl (C=O) groups is 1. The maximum atomic E-state index is 10.8. The number of hydrogen-bond acceptors (Lipinski definition) is 4. The second-order valence-corrected chi connectivity index (χ2v) is 4.30. The standard InChI is InChI=1S/C10H17N5O/c1-7(16)13-10-6-12-15(14-10)9-4-2-8(11)3-5-9/h6,8-9H,2-5,11H2,1H3,(H,13,14,16). The smallest absolute Gasteiger partial charge is 0.222 e. The van der Waals surface area contributed by atoms with Crippen molar-refractivity contribution in [1.29, 1.82) is 0 Å². The first-order valence-electron chi connectivity index (χ1n) is 5.60. The maximum Gasteiger partial charge on any atom is 0.222 e. The van der Waals surface area contributed by atoms with Crippen molar-refractivity contribution < 1.29 is 4.79 Å². The molecule has 1 aliphatic carbocycles. The van der Waals surface area contributed by atoms with Crippen LogP contribution in [-0.4, -0.2) is 26.9 Å². The molecule has 16 heavy (non-hydrogen) atoms. The number of rotatable bonds is 2. The van der Waals surface area contributed by atoms with E-state index in [2.05, 4.69) is 15.5 Å². The van der Waals surface area contributed by atoms with E-state index in [0.717, 1.165) is 25.7 Å². The molecular weight excluding hydrogens is 206 g/mol. The van der Waals surface area contributed by atoms with Gasteiger partial charge in [0.2, 0.25) is 5.91 Å². The van der Waals surface area contributed by atoms with Crippen LogP contribution < -0.4 is 11.1 Å². The first-order valence-corrected chi connectivity index (χ1v) is 5.60. The highest BCUT2D eigenvalue weighted by Gasteiger charge is 2.21. The molecule has 0 unspecified atom stereocenters. The zero-order chi connectivity index (χ0) is 11.5. The van der Waals surface area contributed by atoms with Crippen LogP contribution in [0.5, 0.6) is 0 Å². The van der Waals surface area contributed by atoms with E-state index in [-0.39, 0.29) is 5.91 Å². The van der Waals surface area contributed by atoms with Crippen LogP contribution in [0.2, 0.25) is 0 Å². The lowest BCUT2D eigenvalue weighted by molar-refractivity contribution is -0.114. The molecule has 0 radical (unpaired) electrons. The number of nitrogens with zero attached hydrogens (tertiary/aromatic N) is 3. The highest BCUT2D eigenvalue weighted by molar-refractivity contribution is 5.87. The predicted octanol–water partition coefficient (Wildman–Crippen LogP) is 0.679. The summed E-state index contributed by atoms with van der Waals surface area (Å²) < 4.78 is 0. The highest BCUT2D eigenvalue weighted by Crippen LogP contribution is 2.26. The van der Waals surface area contributed by atoms with Crippen LogP contribution in [0, 0.1) is 0 Å². The van der Waals surface area contributed by atoms with Gasteiger partial charge in [0.1, 0.15) is 0 Å². The number of nitrogens with one attached hydrogen (secondary N) is 1. The van der Waals surface area contributed by atoms with Crippen molar-refractivity contribution in [2.75, 3.05) is 5.32 Å². The molecule has 0 aliphatic heterocycles. The molecule has 1 aliphatic rings. The van der Waals surface area contributed by atoms with Gasteiger partial charge >= 0.3 is 0 Å². The Kier molecular flexibility index (Phi) is 3.19. The molecule has 0 bridgehead atoms. The Morgan fingerprint density at radius 1 is 1.50 bits per heavy atom. The number of amides is 1. The van der Waals surface area contributed by atoms with Crippen LogP contribution >= 0.6 is 0 Å². The Labute approximate surface area is 94.2 Å². The largest absolute Gasteiger partial charge is 0.328 e. The summed E-state index contributed by atoms with van der Waals surface area (Å²) in [7, 11) is 0. The second-order valence-electron chi connectivity index (χ2n) is 4.30. The summed E-state index contributed by atoms with van der Waals surface area (Å²) in [4.78, 5) is 12.5. The van der Waals surface area contributed by atoms with Crippen molar-refractivity contribution in [3.05, 3.63) is 6.20 Å². The number of nitrogens with two attached hydrogens (primary N) is 1. The Morgan fingerprint density at radius 3 is 2.81 bits per heavy atom. The highest BCUT2D eigenvalue weighted by atomic mass is 16.1. The SMILES string of the molecule is CC(=O)Nc1cnn(C2CCC(N)CC2)n1. The summed E-state index contributed by atoms with van der Waals surface area (Å²) >= 11 is 0. The molecule has 3 N–H and O–H groups in total. The van der Waals surface area contributed by atoms with Crippen molar-refractivity contribution >= 4 is 11.7 Å². The molecule has 0 aromatic carbocycles. The van der Waals surface area contributed by atoms with Crippen LogP contribution in [0.3, 0.4) is 0 Å². The maximum absolute atomic E-state index is 10.8. The monoisotopic (exact) mass is 223 g/mol. The van der Waals surface area contributed by atoms with E-state index in [4.69, 9.17) is 5.73 Å². The Bertz CT molecular complexity index is 367. The van der Waals surface area contributed by atoms with Gasteiger partial charge in [-0.2, -0.15) is 9.90 Å². The topological polar surface area (TPSA) is 85.8 Å². The Hall–Kier alpha value is -1.43. The lowest BCUT2D eigenvalue weighted by atomic mass is 9.92. The minimum Gasteiger partial charge on any atom is -0.328 e. The van der Waals surface area contributed by atoms with E-state index in [1.54, 1.807) is 11.0 Å². The zero-order valence-corrected chi connectivity index (χ0v) is 9.39. The fraction of sp³-hybridized carbons (Fsp3) is 0.700. The van der Waals surface area contributed by atoms with Crippen molar-refractivity contribution in [2.24, 2.45) is 5.73 Å². The molecule has 6 nitrogen and oxygen atoms in total. The van der Waals surface area contributed by atoms with E-state index >= 15 is 0 Å². The average molecular weight is 223 g/mol. The molecule has 2 rings (SSSR count). The van der Waals surface area contributed by atoms with E-state index < -0.39 is 0 Å². The second kappa shape index (κ2) is 4.61. The molecule has 1 aromatic rings. The summed E-state index contributed by atoms with van der Waals surface area (Å²) in [5.74, 6) is 0.389. The summed E-state index contributed by atoms with van der Waals surface area (Å²) in [6.45, 7) is 1.46. The zero-order valence-electron chi connectivity index (χ0n) is 9.39. The minimum absolute atomic E-state index is 0.127. The van der Waals surface area contributed by atoms with Gasteiger partial charge in [0.05, 0.1) is 12.2 Å². The van der Waals surface area contributed by atoms with Crippen LogP contribution in [0.15, 0.2) is 6.20 Å². The van der Waals surface area contributed by atoms with Crippen LogP contribution in [0.4, 0.5) is 5.82 Å². The molecular formula is C10H17N5O. The Balaban J connectivity index is 1.99. The first-order chi connectivity index (χ1) is 7.65. The lowest BCUT2D eigenvalue weighted by Gasteiger charge is -2.24. The van der Waals surface area contributed by atoms with Crippen molar-refractivity contribution in [1.82, 2.24) is 15.0 Å². The molecule has 1 amide bonds. The fourth-order valence-corrected chi connectivity index (χ4v) is 2.02. The van der Waals surface area contributed by atoms with E-state index in [1.165, 1.54) is 6.92 Å². The number of hydrogen-bond donors (Lipinski definition) is 2. The third-order valence-electron chi connectivity index (χ3n) is 2.88. The van der Waals surface area contributed by atoms with Gasteiger partial charge in [-0.05, 0) is 25.7 Å². The summed E-state index contributed by atoms with van der Waals surface area (Å²) in [5, 5.41) is 11.0. The molecule has 6 heteroatoms. The molecule has 0 saturated heterocycles. The van der Waals surface area contributed by atoms with Crippen molar-refractivity contribution in [3.8, 4) is 0 Å². The van der Waals surface area contributed by atoms with Gasteiger partial charge in [0, 0.05) is 13.0 Å². The summed E-state index contributed by atoms with van der Waals surface area (Å²) in [6.07, 6.45) is 5.63. The molecule has 1 aromatic heterocycles. The fourth-order valence-electron chi connectivity index (χ4n) is 2.02. The first kappa shape index (κ1) is 11.1. The quantitative estimate of drug-likeness (QED) is 0.772. The third kappa shape index (κ3) is 2.57. The number of aromatic nitrogens is 3. The minimum atomic E-state index is -0.127. The Morgan fingerprint density at radius 2 is 2.19 bits per heavy atom. The van der Waals surface area contributed by atoms with Crippen molar-refractivity contribution in [2.45, 2.75) is 44.7 Å². The molecule has 88 valence electrons. The van der Waals surface area contributed by atoms with E-state index in [9.17, 15) is 4.79 Å². The van der Waals surface area contributed by atoms with E-state index in [1.807, 2.05) is 0 Å². The van der Waals surface area contributed by atoms with Crippen molar-refractivity contribution in [3.63, 3.8) is 0 Å². The van der Waals surface area contributed by atoms with Gasteiger partial charge in [0.15, 0.2) is 5.82 Å². The van der Waals surface area contributed by atoms with E-state index in [0.29, 0.717) is 17.9 Å². The molecule has 1 saturated carbocycles. The normalized spacial score (nSPS) is 25.4. The van der Waals surface area contributed by atoms with Gasteiger partial charge in [-0.25, -0.2) is 0 Å². The molecule has 1 heterocycles. The molecule has 1 fully saturated rings. The lowest BCUT2D eigenvalue weighted by Crippen LogP contribution is -2.28. The van der Waals surface area contributed by atoms with Crippen LogP contribution in [0.25, 0.3) is 0 Å². The summed E-state index contributed by atoms with van der Waals surface area (Å²) in [6, 6.07) is 0.643. The average Bonchev–Trinajstić information content (AvgIpc) is 2.66. The molecule has 0 atom stereocenters. The summed E-state index contributed by atoms with van der Waals surface area (Å²) in [5.41, 5.74) is 5.84. The number of carbonyl (C=O) groups excluding carboxylic acids is 1. The molecule has 0 spiro atoms. The van der Waals surface area contributed by atoms with Gasteiger partial charge in [-0.1, -0.05) is 0 Å². The number of anilines is 1. The predicted molar refractivity (Wildman–Crippen MR) is 59.8 cm³/mol. The van der Waals surface area contributed by atoms with Gasteiger partial charge in [-0.15, -0.1) is 5.10 Å².